The predicted molar refractivity (Wildman–Crippen MR) is 166 cm³/mol. The summed E-state index contributed by atoms with van der Waals surface area (Å²) in [5.74, 6) is 0. The Hall–Kier alpha value is -5.41. The highest BCUT2D eigenvalue weighted by molar-refractivity contribution is 6.17. The molecule has 3 heterocycles. The topological polar surface area (TPSA) is 38.7 Å². The minimum absolute atomic E-state index is 0.924. The number of hydrogen-bond donors (Lipinski definition) is 0. The van der Waals surface area contributed by atoms with E-state index in [2.05, 4.69) is 126 Å². The van der Waals surface area contributed by atoms with E-state index in [1.807, 2.05) is 18.3 Å². The van der Waals surface area contributed by atoms with Crippen LogP contribution in [0.25, 0.3) is 77.1 Å². The molecule has 0 unspecified atom stereocenters. The lowest BCUT2D eigenvalue weighted by Crippen LogP contribution is -1.93. The lowest BCUT2D eigenvalue weighted by Gasteiger charge is -2.15. The second-order valence-corrected chi connectivity index (χ2v) is 10.1. The number of aromatic nitrogens is 3. The van der Waals surface area contributed by atoms with E-state index >= 15 is 0 Å². The predicted octanol–water partition coefficient (Wildman–Crippen LogP) is 9.49. The third-order valence-corrected chi connectivity index (χ3v) is 7.69. The standard InChI is InChI=1S/C37H23N3/c1-3-9-24(10-4-1)31-23-34(25-11-5-2-6-12-25)39-33-21-19-28-29(14-7-15-30(28)35(31)33)32-20-18-27-17-16-26-13-8-22-38-36(26)37(27)40-32/h1-23H. The van der Waals surface area contributed by atoms with Gasteiger partial charge in [0.2, 0.25) is 0 Å². The van der Waals surface area contributed by atoms with Crippen molar-refractivity contribution in [3.63, 3.8) is 0 Å². The van der Waals surface area contributed by atoms with Gasteiger partial charge in [-0.1, -0.05) is 109 Å². The Labute approximate surface area is 231 Å². The fourth-order valence-corrected chi connectivity index (χ4v) is 5.79. The Kier molecular flexibility index (Phi) is 5.14. The monoisotopic (exact) mass is 509 g/mol. The van der Waals surface area contributed by atoms with Gasteiger partial charge in [-0.3, -0.25) is 4.98 Å². The molecule has 0 fully saturated rings. The minimum Gasteiger partial charge on any atom is -0.254 e. The summed E-state index contributed by atoms with van der Waals surface area (Å²) in [5, 5.41) is 5.65. The summed E-state index contributed by atoms with van der Waals surface area (Å²) in [7, 11) is 0. The number of pyridine rings is 3. The number of fused-ring (bicyclic) bond motifs is 6. The van der Waals surface area contributed by atoms with Crippen molar-refractivity contribution in [3.05, 3.63) is 140 Å². The van der Waals surface area contributed by atoms with E-state index < -0.39 is 0 Å². The molecule has 40 heavy (non-hydrogen) atoms. The van der Waals surface area contributed by atoms with Crippen molar-refractivity contribution in [2.45, 2.75) is 0 Å². The number of benzene rings is 5. The molecular formula is C37H23N3. The molecule has 0 saturated heterocycles. The van der Waals surface area contributed by atoms with E-state index in [4.69, 9.17) is 9.97 Å². The van der Waals surface area contributed by atoms with Gasteiger partial charge >= 0.3 is 0 Å². The summed E-state index contributed by atoms with van der Waals surface area (Å²) < 4.78 is 0. The van der Waals surface area contributed by atoms with E-state index in [0.29, 0.717) is 0 Å². The largest absolute Gasteiger partial charge is 0.254 e. The zero-order valence-corrected chi connectivity index (χ0v) is 21.6. The van der Waals surface area contributed by atoms with Crippen molar-refractivity contribution in [2.75, 3.05) is 0 Å². The van der Waals surface area contributed by atoms with Gasteiger partial charge in [0.1, 0.15) is 0 Å². The third kappa shape index (κ3) is 3.63. The molecule has 8 aromatic rings. The van der Waals surface area contributed by atoms with Gasteiger partial charge in [-0.25, -0.2) is 9.97 Å². The molecule has 0 saturated carbocycles. The first kappa shape index (κ1) is 22.6. The summed E-state index contributed by atoms with van der Waals surface area (Å²) >= 11 is 0. The SMILES string of the molecule is c1ccc(-c2cc(-c3ccccc3)c3c(ccc4c(-c5ccc6ccc7cccnc7c6n5)cccc43)n2)cc1. The Morgan fingerprint density at radius 2 is 1.18 bits per heavy atom. The molecule has 186 valence electrons. The van der Waals surface area contributed by atoms with Crippen LogP contribution in [0.5, 0.6) is 0 Å². The van der Waals surface area contributed by atoms with Gasteiger partial charge in [0.15, 0.2) is 0 Å². The zero-order chi connectivity index (χ0) is 26.5. The first-order valence-corrected chi connectivity index (χ1v) is 13.5. The lowest BCUT2D eigenvalue weighted by molar-refractivity contribution is 1.37. The Morgan fingerprint density at radius 1 is 0.425 bits per heavy atom. The summed E-state index contributed by atoms with van der Waals surface area (Å²) in [6.07, 6.45) is 1.84. The van der Waals surface area contributed by atoms with E-state index in [1.54, 1.807) is 0 Å². The van der Waals surface area contributed by atoms with Crippen LogP contribution in [0.4, 0.5) is 0 Å². The van der Waals surface area contributed by atoms with Crippen LogP contribution in [-0.2, 0) is 0 Å². The van der Waals surface area contributed by atoms with Crippen LogP contribution in [0.15, 0.2) is 140 Å². The molecule has 3 heteroatoms. The van der Waals surface area contributed by atoms with Gasteiger partial charge in [-0.2, -0.15) is 0 Å². The van der Waals surface area contributed by atoms with Gasteiger partial charge in [-0.05, 0) is 46.2 Å². The molecule has 0 bridgehead atoms. The van der Waals surface area contributed by atoms with Crippen molar-refractivity contribution >= 4 is 43.5 Å². The molecule has 0 aliphatic carbocycles. The van der Waals surface area contributed by atoms with E-state index in [1.165, 1.54) is 16.5 Å². The van der Waals surface area contributed by atoms with Crippen molar-refractivity contribution in [3.8, 4) is 33.6 Å². The quantitative estimate of drug-likeness (QED) is 0.223. The maximum atomic E-state index is 5.16. The van der Waals surface area contributed by atoms with E-state index in [-0.39, 0.29) is 0 Å². The summed E-state index contributed by atoms with van der Waals surface area (Å²) in [4.78, 5) is 15.0. The van der Waals surface area contributed by atoms with E-state index in [0.717, 1.165) is 60.6 Å². The third-order valence-electron chi connectivity index (χ3n) is 7.69. The van der Waals surface area contributed by atoms with Gasteiger partial charge in [0, 0.05) is 33.5 Å². The minimum atomic E-state index is 0.924. The summed E-state index contributed by atoms with van der Waals surface area (Å²) in [5.41, 5.74) is 9.29. The normalized spacial score (nSPS) is 11.5. The summed E-state index contributed by atoms with van der Waals surface area (Å²) in [6, 6.07) is 46.6. The summed E-state index contributed by atoms with van der Waals surface area (Å²) in [6.45, 7) is 0. The van der Waals surface area contributed by atoms with Crippen LogP contribution in [0.1, 0.15) is 0 Å². The lowest BCUT2D eigenvalue weighted by atomic mass is 9.92. The van der Waals surface area contributed by atoms with Crippen molar-refractivity contribution in [1.82, 2.24) is 15.0 Å². The molecule has 8 rings (SSSR count). The van der Waals surface area contributed by atoms with Crippen molar-refractivity contribution < 1.29 is 0 Å². The number of nitrogens with zero attached hydrogens (tertiary/aromatic N) is 3. The average molecular weight is 510 g/mol. The molecule has 0 amide bonds. The average Bonchev–Trinajstić information content (AvgIpc) is 3.04. The molecular weight excluding hydrogens is 486 g/mol. The van der Waals surface area contributed by atoms with Gasteiger partial charge < -0.3 is 0 Å². The molecule has 0 aliphatic heterocycles. The molecule has 0 spiro atoms. The van der Waals surface area contributed by atoms with E-state index in [9.17, 15) is 0 Å². The number of rotatable bonds is 3. The highest BCUT2D eigenvalue weighted by atomic mass is 14.8. The first-order chi connectivity index (χ1) is 19.8. The Morgan fingerprint density at radius 3 is 2.00 bits per heavy atom. The smallest absolute Gasteiger partial charge is 0.0972 e. The highest BCUT2D eigenvalue weighted by Gasteiger charge is 2.15. The fourth-order valence-electron chi connectivity index (χ4n) is 5.79. The van der Waals surface area contributed by atoms with Crippen LogP contribution in [-0.4, -0.2) is 15.0 Å². The van der Waals surface area contributed by atoms with Crippen LogP contribution in [0.2, 0.25) is 0 Å². The molecule has 0 atom stereocenters. The first-order valence-electron chi connectivity index (χ1n) is 13.5. The number of hydrogen-bond acceptors (Lipinski definition) is 3. The molecule has 0 aliphatic rings. The maximum Gasteiger partial charge on any atom is 0.0972 e. The van der Waals surface area contributed by atoms with Gasteiger partial charge in [0.25, 0.3) is 0 Å². The Balaban J connectivity index is 1.41. The van der Waals surface area contributed by atoms with Crippen LogP contribution < -0.4 is 0 Å². The van der Waals surface area contributed by atoms with Crippen LogP contribution >= 0.6 is 0 Å². The molecule has 3 nitrogen and oxygen atoms in total. The molecule has 0 radical (unpaired) electrons. The van der Waals surface area contributed by atoms with Gasteiger partial charge in [-0.15, -0.1) is 0 Å². The molecule has 3 aromatic heterocycles. The molecule has 0 N–H and O–H groups in total. The zero-order valence-electron chi connectivity index (χ0n) is 21.6. The maximum absolute atomic E-state index is 5.16. The van der Waals surface area contributed by atoms with Crippen LogP contribution in [0, 0.1) is 0 Å². The Bertz CT molecular complexity index is 2200. The van der Waals surface area contributed by atoms with Crippen LogP contribution in [0.3, 0.4) is 0 Å². The second-order valence-electron chi connectivity index (χ2n) is 10.1. The van der Waals surface area contributed by atoms with Gasteiger partial charge in [0.05, 0.1) is 27.9 Å². The molecule has 5 aromatic carbocycles. The fraction of sp³-hybridized carbons (Fsp3) is 0. The van der Waals surface area contributed by atoms with Crippen molar-refractivity contribution in [1.29, 1.82) is 0 Å². The second kappa shape index (κ2) is 9.11. The highest BCUT2D eigenvalue weighted by Crippen LogP contribution is 2.39. The van der Waals surface area contributed by atoms with Crippen molar-refractivity contribution in [2.24, 2.45) is 0 Å².